The minimum Gasteiger partial charge on any atom is -0.324 e. The maximum absolute atomic E-state index is 12.8. The van der Waals surface area contributed by atoms with Gasteiger partial charge in [0.25, 0.3) is 0 Å². The highest BCUT2D eigenvalue weighted by molar-refractivity contribution is 7.99. The fourth-order valence-corrected chi connectivity index (χ4v) is 3.14. The van der Waals surface area contributed by atoms with Crippen LogP contribution < -0.4 is 10.00 Å². The molecule has 0 spiro atoms. The number of nitrogens with zero attached hydrogens (tertiary/aromatic N) is 2. The minimum absolute atomic E-state index is 0.0282. The van der Waals surface area contributed by atoms with Gasteiger partial charge in [0.1, 0.15) is 0 Å². The predicted octanol–water partition coefficient (Wildman–Crippen LogP) is 4.09. The molecule has 3 rings (SSSR count). The third kappa shape index (κ3) is 4.81. The first kappa shape index (κ1) is 19.2. The Kier molecular flexibility index (Phi) is 5.71. The maximum atomic E-state index is 12.8. The molecule has 0 saturated carbocycles. The number of thioether (sulfide) groups is 1. The van der Waals surface area contributed by atoms with E-state index in [0.29, 0.717) is 5.16 Å². The summed E-state index contributed by atoms with van der Waals surface area (Å²) in [5.41, 5.74) is -0.141. The lowest BCUT2D eigenvalue weighted by molar-refractivity contribution is -0.694. The van der Waals surface area contributed by atoms with Crippen LogP contribution in [-0.2, 0) is 11.0 Å². The Morgan fingerprint density at radius 3 is 2.67 bits per heavy atom. The zero-order valence-electron chi connectivity index (χ0n) is 13.6. The number of amides is 1. The van der Waals surface area contributed by atoms with Crippen molar-refractivity contribution in [3.05, 3.63) is 65.4 Å². The number of halogens is 4. The first-order chi connectivity index (χ1) is 12.8. The van der Waals surface area contributed by atoms with Crippen molar-refractivity contribution in [2.75, 3.05) is 11.1 Å². The van der Waals surface area contributed by atoms with Crippen LogP contribution in [0.2, 0.25) is 5.02 Å². The molecule has 0 radical (unpaired) electrons. The zero-order valence-corrected chi connectivity index (χ0v) is 15.2. The van der Waals surface area contributed by atoms with Crippen LogP contribution in [0.25, 0.3) is 5.69 Å². The van der Waals surface area contributed by atoms with Crippen molar-refractivity contribution < 1.29 is 22.6 Å². The molecule has 10 heteroatoms. The SMILES string of the molecule is O=C(CSc1nc[nH][n+]1-c1ccccc1)Nc1cc(C(F)(F)F)ccc1Cl. The lowest BCUT2D eigenvalue weighted by Crippen LogP contribution is -2.35. The summed E-state index contributed by atoms with van der Waals surface area (Å²) in [7, 11) is 0. The molecule has 140 valence electrons. The summed E-state index contributed by atoms with van der Waals surface area (Å²) >= 11 is 7.02. The summed E-state index contributed by atoms with van der Waals surface area (Å²) in [5, 5.41) is 5.90. The molecule has 0 saturated heterocycles. The van der Waals surface area contributed by atoms with E-state index >= 15 is 0 Å². The topological polar surface area (TPSA) is 61.7 Å². The van der Waals surface area contributed by atoms with Gasteiger partial charge in [-0.15, -0.1) is 4.68 Å². The van der Waals surface area contributed by atoms with Gasteiger partial charge in [-0.25, -0.2) is 0 Å². The van der Waals surface area contributed by atoms with Gasteiger partial charge in [-0.05, 0) is 47.1 Å². The number of rotatable bonds is 5. The van der Waals surface area contributed by atoms with Crippen LogP contribution in [0.5, 0.6) is 0 Å². The van der Waals surface area contributed by atoms with E-state index in [0.717, 1.165) is 35.6 Å². The van der Waals surface area contributed by atoms with Gasteiger partial charge >= 0.3 is 11.3 Å². The predicted molar refractivity (Wildman–Crippen MR) is 95.9 cm³/mol. The van der Waals surface area contributed by atoms with Crippen LogP contribution in [0, 0.1) is 0 Å². The second kappa shape index (κ2) is 8.01. The number of hydrogen-bond acceptors (Lipinski definition) is 3. The number of H-pyrrole nitrogens is 1. The summed E-state index contributed by atoms with van der Waals surface area (Å²) in [6.07, 6.45) is -3.04. The van der Waals surface area contributed by atoms with Gasteiger partial charge in [0, 0.05) is 0 Å². The number of carbonyl (C=O) groups excluding carboxylic acids is 1. The van der Waals surface area contributed by atoms with Crippen molar-refractivity contribution in [3.63, 3.8) is 0 Å². The highest BCUT2D eigenvalue weighted by atomic mass is 35.5. The third-order valence-corrected chi connectivity index (χ3v) is 4.75. The van der Waals surface area contributed by atoms with E-state index in [4.69, 9.17) is 11.6 Å². The van der Waals surface area contributed by atoms with Gasteiger partial charge in [-0.2, -0.15) is 18.3 Å². The molecule has 3 aromatic rings. The highest BCUT2D eigenvalue weighted by Gasteiger charge is 2.31. The standard InChI is InChI=1S/C17H12ClF3N4OS/c18-13-7-6-11(17(19,20)21)8-14(13)24-15(26)9-27-16-22-10-23-25(16)12-4-2-1-3-5-12/h1-8,10H,9H2,(H,24,26)/p+1. The Bertz CT molecular complexity index is 947. The maximum Gasteiger partial charge on any atom is 0.416 e. The zero-order chi connectivity index (χ0) is 19.4. The van der Waals surface area contributed by atoms with Crippen LogP contribution >= 0.6 is 23.4 Å². The smallest absolute Gasteiger partial charge is 0.324 e. The molecule has 0 unspecified atom stereocenters. The first-order valence-corrected chi connectivity index (χ1v) is 9.01. The molecular weight excluding hydrogens is 401 g/mol. The number of nitrogens with one attached hydrogen (secondary N) is 2. The number of aromatic nitrogens is 3. The summed E-state index contributed by atoms with van der Waals surface area (Å²) in [6, 6.07) is 12.1. The molecule has 2 aromatic carbocycles. The third-order valence-electron chi connectivity index (χ3n) is 3.47. The number of para-hydroxylation sites is 1. The van der Waals surface area contributed by atoms with E-state index in [-0.39, 0.29) is 16.5 Å². The average Bonchev–Trinajstić information content (AvgIpc) is 3.10. The van der Waals surface area contributed by atoms with Gasteiger partial charge in [-0.1, -0.05) is 29.8 Å². The van der Waals surface area contributed by atoms with Crippen LogP contribution in [0.15, 0.2) is 60.0 Å². The number of anilines is 1. The number of carbonyl (C=O) groups is 1. The van der Waals surface area contributed by atoms with Crippen molar-refractivity contribution in [1.29, 1.82) is 0 Å². The van der Waals surface area contributed by atoms with E-state index in [2.05, 4.69) is 15.4 Å². The molecule has 0 atom stereocenters. The van der Waals surface area contributed by atoms with Crippen molar-refractivity contribution >= 4 is 35.0 Å². The molecule has 1 heterocycles. The fourth-order valence-electron chi connectivity index (χ4n) is 2.23. The van der Waals surface area contributed by atoms with E-state index in [1.54, 1.807) is 4.68 Å². The summed E-state index contributed by atoms with van der Waals surface area (Å²) in [5.74, 6) is -0.548. The summed E-state index contributed by atoms with van der Waals surface area (Å²) < 4.78 is 40.1. The molecule has 0 aliphatic carbocycles. The Morgan fingerprint density at radius 1 is 1.22 bits per heavy atom. The van der Waals surface area contributed by atoms with Crippen molar-refractivity contribution in [2.45, 2.75) is 11.3 Å². The number of benzene rings is 2. The van der Waals surface area contributed by atoms with E-state index in [1.165, 1.54) is 6.33 Å². The largest absolute Gasteiger partial charge is 0.416 e. The molecule has 27 heavy (non-hydrogen) atoms. The molecular formula is C17H13ClF3N4OS+. The van der Waals surface area contributed by atoms with E-state index in [9.17, 15) is 18.0 Å². The molecule has 5 nitrogen and oxygen atoms in total. The lowest BCUT2D eigenvalue weighted by Gasteiger charge is -2.11. The molecule has 1 amide bonds. The van der Waals surface area contributed by atoms with Crippen molar-refractivity contribution in [3.8, 4) is 5.69 Å². The minimum atomic E-state index is -4.52. The average molecular weight is 414 g/mol. The molecule has 0 aliphatic rings. The van der Waals surface area contributed by atoms with Gasteiger partial charge in [0.2, 0.25) is 12.2 Å². The second-order valence-corrected chi connectivity index (χ2v) is 6.72. The monoisotopic (exact) mass is 413 g/mol. The number of hydrogen-bond donors (Lipinski definition) is 2. The summed E-state index contributed by atoms with van der Waals surface area (Å²) in [6.45, 7) is 0. The van der Waals surface area contributed by atoms with E-state index in [1.807, 2.05) is 30.3 Å². The van der Waals surface area contributed by atoms with E-state index < -0.39 is 17.6 Å². The quantitative estimate of drug-likeness (QED) is 0.489. The van der Waals surface area contributed by atoms with Gasteiger partial charge in [-0.3, -0.25) is 4.79 Å². The van der Waals surface area contributed by atoms with Gasteiger partial charge in [0.05, 0.1) is 22.0 Å². The highest BCUT2D eigenvalue weighted by Crippen LogP contribution is 2.33. The first-order valence-electron chi connectivity index (χ1n) is 7.65. The van der Waals surface area contributed by atoms with Crippen LogP contribution in [0.4, 0.5) is 18.9 Å². The molecule has 0 bridgehead atoms. The molecule has 1 aromatic heterocycles. The molecule has 0 aliphatic heterocycles. The number of alkyl halides is 3. The number of aromatic amines is 1. The van der Waals surface area contributed by atoms with Crippen LogP contribution in [-0.4, -0.2) is 21.7 Å². The van der Waals surface area contributed by atoms with Crippen molar-refractivity contribution in [1.82, 2.24) is 10.1 Å². The Morgan fingerprint density at radius 2 is 1.96 bits per heavy atom. The normalized spacial score (nSPS) is 11.4. The summed E-state index contributed by atoms with van der Waals surface area (Å²) in [4.78, 5) is 16.3. The van der Waals surface area contributed by atoms with Crippen LogP contribution in [0.1, 0.15) is 5.56 Å². The van der Waals surface area contributed by atoms with Gasteiger partial charge < -0.3 is 5.32 Å². The Balaban J connectivity index is 1.67. The Hall–Kier alpha value is -2.52. The second-order valence-electron chi connectivity index (χ2n) is 5.37. The van der Waals surface area contributed by atoms with Crippen LogP contribution in [0.3, 0.4) is 0 Å². The molecule has 2 N–H and O–H groups in total. The molecule has 0 fully saturated rings. The fraction of sp³-hybridized carbons (Fsp3) is 0.118. The van der Waals surface area contributed by atoms with Crippen molar-refractivity contribution in [2.24, 2.45) is 0 Å². The Labute approximate surface area is 161 Å². The lowest BCUT2D eigenvalue weighted by atomic mass is 10.2. The van der Waals surface area contributed by atoms with Gasteiger partial charge in [0.15, 0.2) is 5.69 Å².